The number of rotatable bonds is 4. The van der Waals surface area contributed by atoms with Gasteiger partial charge in [-0.1, -0.05) is 19.1 Å². The molecule has 1 heterocycles. The third kappa shape index (κ3) is 3.00. The van der Waals surface area contributed by atoms with Crippen LogP contribution in [0.5, 0.6) is 0 Å². The summed E-state index contributed by atoms with van der Waals surface area (Å²) in [4.78, 5) is 2.09. The SMILES string of the molecule is CCNCc1cccc(F)c1N1CCOC(C)C1. The predicted molar refractivity (Wildman–Crippen MR) is 71.4 cm³/mol. The van der Waals surface area contributed by atoms with Crippen molar-refractivity contribution in [2.24, 2.45) is 0 Å². The molecule has 100 valence electrons. The standard InChI is InChI=1S/C14H21FN2O/c1-3-16-9-12-5-4-6-13(15)14(12)17-7-8-18-11(2)10-17/h4-6,11,16H,3,7-10H2,1-2H3. The van der Waals surface area contributed by atoms with Crippen LogP contribution < -0.4 is 10.2 Å². The van der Waals surface area contributed by atoms with Gasteiger partial charge in [0.2, 0.25) is 0 Å². The van der Waals surface area contributed by atoms with E-state index in [-0.39, 0.29) is 11.9 Å². The highest BCUT2D eigenvalue weighted by Gasteiger charge is 2.21. The first-order chi connectivity index (χ1) is 8.72. The zero-order valence-corrected chi connectivity index (χ0v) is 11.1. The Morgan fingerprint density at radius 1 is 1.50 bits per heavy atom. The number of anilines is 1. The van der Waals surface area contributed by atoms with Gasteiger partial charge in [0.25, 0.3) is 0 Å². The highest BCUT2D eigenvalue weighted by atomic mass is 19.1. The van der Waals surface area contributed by atoms with Crippen LogP contribution in [-0.4, -0.2) is 32.3 Å². The van der Waals surface area contributed by atoms with Crippen molar-refractivity contribution in [2.75, 3.05) is 31.1 Å². The van der Waals surface area contributed by atoms with E-state index in [1.807, 2.05) is 13.0 Å². The third-order valence-electron chi connectivity index (χ3n) is 3.19. The van der Waals surface area contributed by atoms with Crippen LogP contribution in [0.1, 0.15) is 19.4 Å². The summed E-state index contributed by atoms with van der Waals surface area (Å²) < 4.78 is 19.6. The van der Waals surface area contributed by atoms with Crippen LogP contribution in [0, 0.1) is 5.82 Å². The molecule has 1 saturated heterocycles. The van der Waals surface area contributed by atoms with Gasteiger partial charge in [-0.05, 0) is 25.1 Å². The molecule has 0 aliphatic carbocycles. The molecule has 1 aromatic carbocycles. The number of morpholine rings is 1. The molecular formula is C14H21FN2O. The molecule has 1 atom stereocenters. The van der Waals surface area contributed by atoms with Crippen molar-refractivity contribution in [3.63, 3.8) is 0 Å². The molecule has 1 fully saturated rings. The van der Waals surface area contributed by atoms with Crippen molar-refractivity contribution in [3.8, 4) is 0 Å². The Hall–Kier alpha value is -1.13. The van der Waals surface area contributed by atoms with Crippen molar-refractivity contribution in [1.29, 1.82) is 0 Å². The molecule has 0 radical (unpaired) electrons. The molecule has 0 aromatic heterocycles. The molecule has 3 nitrogen and oxygen atoms in total. The minimum absolute atomic E-state index is 0.139. The maximum Gasteiger partial charge on any atom is 0.146 e. The molecule has 4 heteroatoms. The molecule has 1 unspecified atom stereocenters. The predicted octanol–water partition coefficient (Wildman–Crippen LogP) is 2.16. The number of hydrogen-bond donors (Lipinski definition) is 1. The lowest BCUT2D eigenvalue weighted by Gasteiger charge is -2.34. The van der Waals surface area contributed by atoms with E-state index in [1.165, 1.54) is 6.07 Å². The maximum atomic E-state index is 14.1. The summed E-state index contributed by atoms with van der Waals surface area (Å²) in [6.07, 6.45) is 0.158. The molecule has 0 spiro atoms. The van der Waals surface area contributed by atoms with Gasteiger partial charge in [-0.2, -0.15) is 0 Å². The van der Waals surface area contributed by atoms with Gasteiger partial charge in [-0.3, -0.25) is 0 Å². The van der Waals surface area contributed by atoms with Crippen molar-refractivity contribution < 1.29 is 9.13 Å². The fourth-order valence-electron chi connectivity index (χ4n) is 2.34. The van der Waals surface area contributed by atoms with E-state index in [1.54, 1.807) is 6.07 Å². The monoisotopic (exact) mass is 252 g/mol. The van der Waals surface area contributed by atoms with Gasteiger partial charge in [0.1, 0.15) is 5.82 Å². The average Bonchev–Trinajstić information content (AvgIpc) is 2.36. The lowest BCUT2D eigenvalue weighted by atomic mass is 10.1. The number of ether oxygens (including phenoxy) is 1. The number of nitrogens with one attached hydrogen (secondary N) is 1. The second kappa shape index (κ2) is 6.16. The number of halogens is 1. The summed E-state index contributed by atoms with van der Waals surface area (Å²) >= 11 is 0. The number of para-hydroxylation sites is 1. The van der Waals surface area contributed by atoms with Crippen LogP contribution >= 0.6 is 0 Å². The van der Waals surface area contributed by atoms with E-state index in [9.17, 15) is 4.39 Å². The Morgan fingerprint density at radius 2 is 2.33 bits per heavy atom. The van der Waals surface area contributed by atoms with Crippen LogP contribution in [0.4, 0.5) is 10.1 Å². The first-order valence-corrected chi connectivity index (χ1v) is 6.57. The van der Waals surface area contributed by atoms with Crippen LogP contribution in [0.3, 0.4) is 0 Å². The van der Waals surface area contributed by atoms with Crippen LogP contribution in [-0.2, 0) is 11.3 Å². The Morgan fingerprint density at radius 3 is 3.06 bits per heavy atom. The maximum absolute atomic E-state index is 14.1. The zero-order valence-electron chi connectivity index (χ0n) is 11.1. The first-order valence-electron chi connectivity index (χ1n) is 6.57. The molecule has 0 amide bonds. The largest absolute Gasteiger partial charge is 0.375 e. The topological polar surface area (TPSA) is 24.5 Å². The third-order valence-corrected chi connectivity index (χ3v) is 3.19. The van der Waals surface area contributed by atoms with Crippen LogP contribution in [0.15, 0.2) is 18.2 Å². The average molecular weight is 252 g/mol. The molecule has 18 heavy (non-hydrogen) atoms. The quantitative estimate of drug-likeness (QED) is 0.888. The molecule has 1 aliphatic heterocycles. The van der Waals surface area contributed by atoms with Gasteiger partial charge in [-0.25, -0.2) is 4.39 Å². The van der Waals surface area contributed by atoms with Gasteiger partial charge in [0.15, 0.2) is 0 Å². The van der Waals surface area contributed by atoms with Crippen molar-refractivity contribution in [2.45, 2.75) is 26.5 Å². The fourth-order valence-corrected chi connectivity index (χ4v) is 2.34. The van der Waals surface area contributed by atoms with Gasteiger partial charge in [0, 0.05) is 19.6 Å². The second-order valence-corrected chi connectivity index (χ2v) is 4.66. The molecule has 0 bridgehead atoms. The smallest absolute Gasteiger partial charge is 0.146 e. The van der Waals surface area contributed by atoms with Gasteiger partial charge < -0.3 is 15.0 Å². The van der Waals surface area contributed by atoms with E-state index in [2.05, 4.69) is 17.1 Å². The normalized spacial score (nSPS) is 20.2. The first kappa shape index (κ1) is 13.3. The Labute approximate surface area is 108 Å². The summed E-state index contributed by atoms with van der Waals surface area (Å²) in [7, 11) is 0. The van der Waals surface area contributed by atoms with Crippen LogP contribution in [0.2, 0.25) is 0 Å². The Balaban J connectivity index is 2.23. The van der Waals surface area contributed by atoms with Crippen molar-refractivity contribution in [3.05, 3.63) is 29.6 Å². The van der Waals surface area contributed by atoms with Crippen molar-refractivity contribution >= 4 is 5.69 Å². The number of nitrogens with zero attached hydrogens (tertiary/aromatic N) is 1. The molecule has 1 aliphatic rings. The van der Waals surface area contributed by atoms with E-state index >= 15 is 0 Å². The molecule has 1 N–H and O–H groups in total. The summed E-state index contributed by atoms with van der Waals surface area (Å²) in [5.74, 6) is -0.139. The van der Waals surface area contributed by atoms with Gasteiger partial charge >= 0.3 is 0 Å². The van der Waals surface area contributed by atoms with Crippen molar-refractivity contribution in [1.82, 2.24) is 5.32 Å². The molecule has 2 rings (SSSR count). The highest BCUT2D eigenvalue weighted by molar-refractivity contribution is 5.55. The fraction of sp³-hybridized carbons (Fsp3) is 0.571. The van der Waals surface area contributed by atoms with E-state index in [4.69, 9.17) is 4.74 Å². The lowest BCUT2D eigenvalue weighted by Crippen LogP contribution is -2.42. The summed E-state index contributed by atoms with van der Waals surface area (Å²) in [5, 5.41) is 3.26. The van der Waals surface area contributed by atoms with Gasteiger partial charge in [-0.15, -0.1) is 0 Å². The molecular weight excluding hydrogens is 231 g/mol. The number of benzene rings is 1. The highest BCUT2D eigenvalue weighted by Crippen LogP contribution is 2.26. The minimum Gasteiger partial charge on any atom is -0.375 e. The molecule has 1 aromatic rings. The summed E-state index contributed by atoms with van der Waals surface area (Å²) in [6, 6.07) is 5.29. The second-order valence-electron chi connectivity index (χ2n) is 4.66. The Kier molecular flexibility index (Phi) is 4.55. The lowest BCUT2D eigenvalue weighted by molar-refractivity contribution is 0.0529. The zero-order chi connectivity index (χ0) is 13.0. The van der Waals surface area contributed by atoms with Crippen LogP contribution in [0.25, 0.3) is 0 Å². The van der Waals surface area contributed by atoms with E-state index in [0.717, 1.165) is 30.9 Å². The van der Waals surface area contributed by atoms with Gasteiger partial charge in [0.05, 0.1) is 18.4 Å². The van der Waals surface area contributed by atoms with E-state index in [0.29, 0.717) is 13.2 Å². The Bertz CT molecular complexity index is 397. The van der Waals surface area contributed by atoms with E-state index < -0.39 is 0 Å². The molecule has 0 saturated carbocycles. The minimum atomic E-state index is -0.139. The summed E-state index contributed by atoms with van der Waals surface area (Å²) in [5.41, 5.74) is 1.75. The summed E-state index contributed by atoms with van der Waals surface area (Å²) in [6.45, 7) is 7.83. The number of hydrogen-bond acceptors (Lipinski definition) is 3.